The van der Waals surface area contributed by atoms with Gasteiger partial charge in [0.05, 0.1) is 80.6 Å². The standard InChI is InChI=1S/C55H63ClFN5O15/c1-23-11-10-12-24(2)53(71)59-41-33(20-58-60-30-15-17-61(21-30)43-35(57)19-32-42(40(43)56)62(31-13-14-31)22-34(47(32)67)54(72)73)48(68)37-38(49(41)69)46(66)28(6)51-39(37)52(70)55(8,77-51)75-18-16-36(74-9)25(3)50(76-29(7)63)27(5)45(65)26(4)44(23)64/h10-12,16,18-20,22-23,25-27,30-31,36,44-45,50,60,64-66,68-69H,13-15,17,21H2,1-9H3,(H,59,71)(H,72,73)/b11-10+,18-16+,24-12-,58-20+/t23-,25?,26+,27+,30?,36-,44-,45+,50+,55-/m0/s1. The third-order valence-corrected chi connectivity index (χ3v) is 15.7. The highest BCUT2D eigenvalue weighted by Gasteiger charge is 2.50. The SMILES string of the molecule is CO[C@H]1/C=C/O[C@@]2(C)Oc3c(C)c(O)c4c(O)c(c(/C=N/NC5CCN(c6c(F)cc7c(=O)c(C(=O)O)cn(C8CC8)c7c6Cl)C5)c(O)c4c3C2=O)NC(=O)/C(C)=C\C=C\[C@H](C)[C@H](O)[C@@H](C)[C@@H](O)[C@@H](C)[C@H](OC(C)=O)C1C. The van der Waals surface area contributed by atoms with Crippen LogP contribution in [0.1, 0.15) is 106 Å². The summed E-state index contributed by atoms with van der Waals surface area (Å²) in [7, 11) is 1.40. The number of aromatic hydroxyl groups is 3. The number of ketones is 1. The second-order valence-corrected chi connectivity index (χ2v) is 21.0. The third kappa shape index (κ3) is 10.3. The van der Waals surface area contributed by atoms with E-state index in [1.54, 1.807) is 43.2 Å². The number of nitrogens with zero attached hydrogens (tertiary/aromatic N) is 3. The average molecular weight is 1090 g/mol. The Balaban J connectivity index is 1.19. The predicted molar refractivity (Wildman–Crippen MR) is 284 cm³/mol. The van der Waals surface area contributed by atoms with Crippen molar-refractivity contribution in [2.45, 2.75) is 117 Å². The Labute approximate surface area is 447 Å². The summed E-state index contributed by atoms with van der Waals surface area (Å²) in [4.78, 5) is 67.9. The number of halogens is 2. The molecule has 1 aliphatic carbocycles. The number of nitrogens with one attached hydrogen (secondary N) is 2. The summed E-state index contributed by atoms with van der Waals surface area (Å²) in [6.07, 6.45) is 7.18. The van der Waals surface area contributed by atoms with E-state index in [2.05, 4.69) is 15.8 Å². The summed E-state index contributed by atoms with van der Waals surface area (Å²) in [6.45, 7) is 12.6. The van der Waals surface area contributed by atoms with Gasteiger partial charge in [0.1, 0.15) is 34.7 Å². The molecule has 10 atom stereocenters. The molecule has 1 saturated carbocycles. The fourth-order valence-electron chi connectivity index (χ4n) is 10.7. The maximum atomic E-state index is 16.1. The number of aromatic carboxylic acids is 1. The Morgan fingerprint density at radius 1 is 0.987 bits per heavy atom. The molecule has 8 N–H and O–H groups in total. The molecule has 5 heterocycles. The van der Waals surface area contributed by atoms with Crippen molar-refractivity contribution in [1.82, 2.24) is 9.99 Å². The molecular weight excluding hydrogens is 1030 g/mol. The third-order valence-electron chi connectivity index (χ3n) is 15.3. The van der Waals surface area contributed by atoms with Crippen molar-refractivity contribution >= 4 is 74.5 Å². The van der Waals surface area contributed by atoms with E-state index in [9.17, 15) is 54.6 Å². The molecule has 412 valence electrons. The van der Waals surface area contributed by atoms with Crippen LogP contribution in [0.3, 0.4) is 0 Å². The number of anilines is 2. The van der Waals surface area contributed by atoms with Gasteiger partial charge in [-0.15, -0.1) is 0 Å². The molecule has 20 nitrogen and oxygen atoms in total. The van der Waals surface area contributed by atoms with E-state index < -0.39 is 129 Å². The lowest BCUT2D eigenvalue weighted by Crippen LogP contribution is -2.46. The van der Waals surface area contributed by atoms with Crippen molar-refractivity contribution in [1.29, 1.82) is 0 Å². The lowest BCUT2D eigenvalue weighted by Gasteiger charge is -2.38. The Morgan fingerprint density at radius 2 is 1.69 bits per heavy atom. The first kappa shape index (κ1) is 56.0. The number of hydrogen-bond donors (Lipinski definition) is 8. The minimum atomic E-state index is -2.15. The van der Waals surface area contributed by atoms with Crippen molar-refractivity contribution in [2.24, 2.45) is 28.8 Å². The summed E-state index contributed by atoms with van der Waals surface area (Å²) in [5, 5.41) is 75.0. The van der Waals surface area contributed by atoms with E-state index in [4.69, 9.17) is 30.5 Å². The number of aromatic nitrogens is 1. The highest BCUT2D eigenvalue weighted by molar-refractivity contribution is 6.38. The molecule has 22 heteroatoms. The number of hydrogen-bond acceptors (Lipinski definition) is 17. The second-order valence-electron chi connectivity index (χ2n) is 20.7. The number of carbonyl (C=O) groups excluding carboxylic acids is 3. The van der Waals surface area contributed by atoms with E-state index in [1.165, 1.54) is 59.2 Å². The number of phenols is 3. The highest BCUT2D eigenvalue weighted by Crippen LogP contribution is 2.55. The zero-order valence-electron chi connectivity index (χ0n) is 43.9. The van der Waals surface area contributed by atoms with Crippen molar-refractivity contribution in [3.05, 3.63) is 91.7 Å². The van der Waals surface area contributed by atoms with Crippen LogP contribution in [-0.2, 0) is 23.8 Å². The van der Waals surface area contributed by atoms with Crippen LogP contribution in [0, 0.1) is 36.4 Å². The Hall–Kier alpha value is -7.20. The molecule has 2 fully saturated rings. The van der Waals surface area contributed by atoms with E-state index in [-0.39, 0.29) is 74.1 Å². The van der Waals surface area contributed by atoms with Crippen LogP contribution in [0.5, 0.6) is 23.0 Å². The van der Waals surface area contributed by atoms with Gasteiger partial charge in [-0.1, -0.05) is 57.5 Å². The number of aliphatic hydroxyl groups is 2. The van der Waals surface area contributed by atoms with Crippen LogP contribution in [0.2, 0.25) is 5.02 Å². The number of carboxylic acids is 1. The lowest BCUT2D eigenvalue weighted by molar-refractivity contribution is -0.160. The molecule has 2 unspecified atom stereocenters. The molecule has 3 aromatic carbocycles. The number of phenolic OH excluding ortho intramolecular Hbond substituents is 3. The number of aliphatic hydroxyl groups excluding tert-OH is 2. The summed E-state index contributed by atoms with van der Waals surface area (Å²) in [5.74, 6) is -11.7. The molecule has 0 spiro atoms. The fraction of sp³-hybridized carbons (Fsp3) is 0.455. The first-order chi connectivity index (χ1) is 36.3. The molecule has 5 bridgehead atoms. The number of methoxy groups -OCH3 is 1. The van der Waals surface area contributed by atoms with Gasteiger partial charge in [-0.25, -0.2) is 9.18 Å². The first-order valence-corrected chi connectivity index (χ1v) is 25.6. The lowest BCUT2D eigenvalue weighted by atomic mass is 9.78. The molecule has 77 heavy (non-hydrogen) atoms. The van der Waals surface area contributed by atoms with Crippen LogP contribution < -0.4 is 25.8 Å². The maximum Gasteiger partial charge on any atom is 0.341 e. The molecule has 0 radical (unpaired) electrons. The Kier molecular flexibility index (Phi) is 15.8. The quantitative estimate of drug-likeness (QED) is 0.0287. The molecule has 1 saturated heterocycles. The highest BCUT2D eigenvalue weighted by atomic mass is 35.5. The minimum absolute atomic E-state index is 0.00392. The normalized spacial score (nSPS) is 28.8. The number of fused-ring (bicyclic) bond motifs is 15. The van der Waals surface area contributed by atoms with Gasteiger partial charge >= 0.3 is 17.7 Å². The van der Waals surface area contributed by atoms with Crippen LogP contribution in [0.25, 0.3) is 21.7 Å². The van der Waals surface area contributed by atoms with Crippen LogP contribution >= 0.6 is 11.6 Å². The summed E-state index contributed by atoms with van der Waals surface area (Å²) >= 11 is 6.91. The molecule has 9 rings (SSSR count). The van der Waals surface area contributed by atoms with Crippen molar-refractivity contribution in [3.63, 3.8) is 0 Å². The summed E-state index contributed by atoms with van der Waals surface area (Å²) in [6, 6.07) is 0.360. The number of benzene rings is 3. The van der Waals surface area contributed by atoms with Crippen molar-refractivity contribution < 1.29 is 73.2 Å². The zero-order chi connectivity index (χ0) is 56.3. The molecule has 4 aliphatic heterocycles. The van der Waals surface area contributed by atoms with Crippen LogP contribution in [0.4, 0.5) is 15.8 Å². The van der Waals surface area contributed by atoms with Gasteiger partial charge in [0.2, 0.25) is 5.43 Å². The Bertz CT molecular complexity index is 3280. The van der Waals surface area contributed by atoms with E-state index in [0.29, 0.717) is 19.3 Å². The number of pyridine rings is 1. The van der Waals surface area contributed by atoms with Crippen LogP contribution in [0.15, 0.2) is 58.3 Å². The number of carboxylic acid groups (broad SMARTS) is 1. The number of carbonyl (C=O) groups is 4. The van der Waals surface area contributed by atoms with Crippen molar-refractivity contribution in [3.8, 4) is 23.0 Å². The molecular formula is C55H63ClFN5O15. The van der Waals surface area contributed by atoms with Crippen molar-refractivity contribution in [2.75, 3.05) is 30.4 Å². The molecule has 1 aromatic heterocycles. The largest absolute Gasteiger partial charge is 0.507 e. The van der Waals surface area contributed by atoms with E-state index >= 15 is 4.39 Å². The maximum absolute atomic E-state index is 16.1. The first-order valence-electron chi connectivity index (χ1n) is 25.2. The van der Waals surface area contributed by atoms with Gasteiger partial charge in [-0.2, -0.15) is 5.10 Å². The number of hydrazone groups is 1. The summed E-state index contributed by atoms with van der Waals surface area (Å²) < 4.78 is 41.4. The number of amides is 1. The number of esters is 1. The zero-order valence-corrected chi connectivity index (χ0v) is 44.6. The minimum Gasteiger partial charge on any atom is -0.507 e. The number of Topliss-reactive ketones (excluding diaryl/α,β-unsaturated/α-hetero) is 1. The fourth-order valence-corrected chi connectivity index (χ4v) is 11.1. The predicted octanol–water partition coefficient (Wildman–Crippen LogP) is 7.10. The van der Waals surface area contributed by atoms with Gasteiger partial charge in [0.15, 0.2) is 5.75 Å². The number of rotatable bonds is 8. The molecule has 5 aliphatic rings. The van der Waals surface area contributed by atoms with Gasteiger partial charge in [-0.3, -0.25) is 19.2 Å². The topological polar surface area (TPSA) is 288 Å². The smallest absolute Gasteiger partial charge is 0.341 e. The van der Waals surface area contributed by atoms with E-state index in [0.717, 1.165) is 18.5 Å². The van der Waals surface area contributed by atoms with Gasteiger partial charge < -0.3 is 69.8 Å². The summed E-state index contributed by atoms with van der Waals surface area (Å²) in [5.41, 5.74) is 0.832. The number of allylic oxidation sites excluding steroid dienone is 2. The van der Waals surface area contributed by atoms with E-state index in [1.807, 2.05) is 0 Å². The molecule has 4 aromatic rings. The monoisotopic (exact) mass is 1090 g/mol. The van der Waals surface area contributed by atoms with Gasteiger partial charge in [0.25, 0.3) is 11.7 Å². The molecule has 1 amide bonds. The van der Waals surface area contributed by atoms with Gasteiger partial charge in [-0.05, 0) is 45.3 Å². The average Bonchev–Trinajstić information content (AvgIpc) is 4.19. The second kappa shape index (κ2) is 21.7. The Morgan fingerprint density at radius 3 is 2.34 bits per heavy atom. The van der Waals surface area contributed by atoms with Gasteiger partial charge in [0, 0.05) is 86.5 Å². The van der Waals surface area contributed by atoms with Crippen LogP contribution in [-0.4, -0.2) is 121 Å². The number of ether oxygens (including phenoxy) is 4.